The van der Waals surface area contributed by atoms with Crippen molar-refractivity contribution in [1.82, 2.24) is 10.6 Å². The minimum Gasteiger partial charge on any atom is -0.390 e. The van der Waals surface area contributed by atoms with Crippen LogP contribution in [0.1, 0.15) is 11.1 Å². The molecular formula is C19H23Cl2N3O3S. The van der Waals surface area contributed by atoms with Crippen molar-refractivity contribution < 1.29 is 14.1 Å². The molecule has 9 heteroatoms. The van der Waals surface area contributed by atoms with Crippen LogP contribution in [0.15, 0.2) is 42.5 Å². The first-order chi connectivity index (χ1) is 13.3. The van der Waals surface area contributed by atoms with E-state index in [9.17, 15) is 14.1 Å². The van der Waals surface area contributed by atoms with Gasteiger partial charge in [-0.05, 0) is 35.4 Å². The zero-order valence-electron chi connectivity index (χ0n) is 15.4. The summed E-state index contributed by atoms with van der Waals surface area (Å²) in [5.41, 5.74) is 2.44. The van der Waals surface area contributed by atoms with E-state index in [-0.39, 0.29) is 18.9 Å². The first-order valence-corrected chi connectivity index (χ1v) is 10.9. The van der Waals surface area contributed by atoms with Crippen molar-refractivity contribution >= 4 is 45.8 Å². The summed E-state index contributed by atoms with van der Waals surface area (Å²) in [5, 5.41) is 16.8. The predicted molar refractivity (Wildman–Crippen MR) is 115 cm³/mol. The molecule has 0 saturated heterocycles. The molecule has 0 bridgehead atoms. The van der Waals surface area contributed by atoms with Crippen molar-refractivity contribution in [3.8, 4) is 0 Å². The normalized spacial score (nSPS) is 13.0. The van der Waals surface area contributed by atoms with E-state index in [4.69, 9.17) is 23.2 Å². The summed E-state index contributed by atoms with van der Waals surface area (Å²) < 4.78 is 14.0. The van der Waals surface area contributed by atoms with E-state index in [1.165, 1.54) is 6.26 Å². The van der Waals surface area contributed by atoms with Crippen LogP contribution in [-0.4, -0.2) is 40.7 Å². The molecule has 1 amide bonds. The van der Waals surface area contributed by atoms with Crippen LogP contribution in [0.4, 0.5) is 5.69 Å². The SMILES string of the molecule is CS(=O)Nc1cccc(CC(=O)NC[C@H](O)CNCc2ccc(Cl)c(Cl)c2)c1. The third-order valence-corrected chi connectivity index (χ3v) is 5.04. The van der Waals surface area contributed by atoms with E-state index in [0.29, 0.717) is 28.8 Å². The number of carbonyl (C=O) groups excluding carboxylic acids is 1. The monoisotopic (exact) mass is 443 g/mol. The summed E-state index contributed by atoms with van der Waals surface area (Å²) in [4.78, 5) is 12.1. The smallest absolute Gasteiger partial charge is 0.224 e. The first kappa shape index (κ1) is 22.6. The maximum atomic E-state index is 12.1. The van der Waals surface area contributed by atoms with Crippen LogP contribution in [0.25, 0.3) is 0 Å². The van der Waals surface area contributed by atoms with Gasteiger partial charge in [-0.1, -0.05) is 41.4 Å². The Bertz CT molecular complexity index is 836. The standard InChI is InChI=1S/C19H23Cl2N3O3S/c1-28(27)24-15-4-2-3-13(7-15)9-19(26)23-12-16(25)11-22-10-14-5-6-17(20)18(21)8-14/h2-8,16,22,24-25H,9-12H2,1H3,(H,23,26)/t16-,28?/m1/s1. The van der Waals surface area contributed by atoms with Gasteiger partial charge in [0.2, 0.25) is 5.91 Å². The van der Waals surface area contributed by atoms with Crippen molar-refractivity contribution in [1.29, 1.82) is 0 Å². The molecule has 152 valence electrons. The number of rotatable bonds is 10. The van der Waals surface area contributed by atoms with Gasteiger partial charge in [0.25, 0.3) is 0 Å². The van der Waals surface area contributed by atoms with Gasteiger partial charge in [-0.2, -0.15) is 0 Å². The summed E-state index contributed by atoms with van der Waals surface area (Å²) >= 11 is 11.8. The number of aliphatic hydroxyl groups excluding tert-OH is 1. The number of benzene rings is 2. The van der Waals surface area contributed by atoms with E-state index < -0.39 is 17.1 Å². The Balaban J connectivity index is 1.70. The van der Waals surface area contributed by atoms with Gasteiger partial charge in [0, 0.05) is 31.6 Å². The summed E-state index contributed by atoms with van der Waals surface area (Å²) in [5.74, 6) is -0.196. The van der Waals surface area contributed by atoms with E-state index in [2.05, 4.69) is 15.4 Å². The lowest BCUT2D eigenvalue weighted by Gasteiger charge is -2.13. The second kappa shape index (κ2) is 11.4. The maximum Gasteiger partial charge on any atom is 0.224 e. The number of hydrogen-bond acceptors (Lipinski definition) is 4. The van der Waals surface area contributed by atoms with Gasteiger partial charge in [0.15, 0.2) is 0 Å². The summed E-state index contributed by atoms with van der Waals surface area (Å²) in [6.45, 7) is 0.993. The minimum absolute atomic E-state index is 0.143. The first-order valence-electron chi connectivity index (χ1n) is 8.62. The van der Waals surface area contributed by atoms with Crippen molar-refractivity contribution in [2.75, 3.05) is 24.1 Å². The topological polar surface area (TPSA) is 90.5 Å². The Morgan fingerprint density at radius 2 is 1.89 bits per heavy atom. The molecule has 1 unspecified atom stereocenters. The highest BCUT2D eigenvalue weighted by atomic mass is 35.5. The van der Waals surface area contributed by atoms with Gasteiger partial charge in [0.05, 0.1) is 22.6 Å². The predicted octanol–water partition coefficient (Wildman–Crippen LogP) is 2.51. The van der Waals surface area contributed by atoms with Crippen LogP contribution < -0.4 is 15.4 Å². The lowest BCUT2D eigenvalue weighted by Crippen LogP contribution is -2.38. The van der Waals surface area contributed by atoms with Crippen molar-refractivity contribution in [3.05, 3.63) is 63.6 Å². The van der Waals surface area contributed by atoms with Gasteiger partial charge in [-0.25, -0.2) is 4.21 Å². The van der Waals surface area contributed by atoms with Crippen molar-refractivity contribution in [2.24, 2.45) is 0 Å². The van der Waals surface area contributed by atoms with E-state index >= 15 is 0 Å². The van der Waals surface area contributed by atoms with Crippen LogP contribution in [0.3, 0.4) is 0 Å². The molecule has 0 heterocycles. The lowest BCUT2D eigenvalue weighted by atomic mass is 10.1. The third kappa shape index (κ3) is 8.16. The molecule has 2 atom stereocenters. The lowest BCUT2D eigenvalue weighted by molar-refractivity contribution is -0.120. The highest BCUT2D eigenvalue weighted by Crippen LogP contribution is 2.22. The number of aliphatic hydroxyl groups is 1. The fourth-order valence-corrected chi connectivity index (χ4v) is 3.27. The number of hydrogen-bond donors (Lipinski definition) is 4. The molecule has 2 aromatic carbocycles. The minimum atomic E-state index is -1.17. The Morgan fingerprint density at radius 3 is 2.61 bits per heavy atom. The molecule has 0 saturated carbocycles. The van der Waals surface area contributed by atoms with Crippen LogP contribution >= 0.6 is 23.2 Å². The number of amides is 1. The fraction of sp³-hybridized carbons (Fsp3) is 0.316. The number of nitrogens with one attached hydrogen (secondary N) is 3. The van der Waals surface area contributed by atoms with Gasteiger partial charge < -0.3 is 20.5 Å². The quantitative estimate of drug-likeness (QED) is 0.453. The molecule has 0 radical (unpaired) electrons. The molecule has 0 fully saturated rings. The Hall–Kier alpha value is -1.64. The van der Waals surface area contributed by atoms with Gasteiger partial charge >= 0.3 is 0 Å². The number of anilines is 1. The molecule has 0 aromatic heterocycles. The number of carbonyl (C=O) groups is 1. The molecule has 6 nitrogen and oxygen atoms in total. The highest BCUT2D eigenvalue weighted by molar-refractivity contribution is 7.85. The average molecular weight is 444 g/mol. The van der Waals surface area contributed by atoms with E-state index in [1.54, 1.807) is 30.3 Å². The molecule has 0 spiro atoms. The summed E-state index contributed by atoms with van der Waals surface area (Å²) in [7, 11) is -1.17. The molecule has 0 aliphatic carbocycles. The molecule has 2 aromatic rings. The van der Waals surface area contributed by atoms with Crippen LogP contribution in [-0.2, 0) is 28.7 Å². The second-order valence-corrected chi connectivity index (χ2v) is 8.20. The zero-order chi connectivity index (χ0) is 20.5. The van der Waals surface area contributed by atoms with Gasteiger partial charge in [-0.3, -0.25) is 4.79 Å². The third-order valence-electron chi connectivity index (χ3n) is 3.78. The largest absolute Gasteiger partial charge is 0.390 e. The Labute approximate surface area is 177 Å². The molecular weight excluding hydrogens is 421 g/mol. The van der Waals surface area contributed by atoms with Gasteiger partial charge in [-0.15, -0.1) is 0 Å². The highest BCUT2D eigenvalue weighted by Gasteiger charge is 2.09. The molecule has 2 rings (SSSR count). The van der Waals surface area contributed by atoms with Crippen molar-refractivity contribution in [3.63, 3.8) is 0 Å². The summed E-state index contributed by atoms with van der Waals surface area (Å²) in [6.07, 6.45) is 0.994. The van der Waals surface area contributed by atoms with Crippen LogP contribution in [0.5, 0.6) is 0 Å². The molecule has 0 aliphatic rings. The van der Waals surface area contributed by atoms with Gasteiger partial charge in [0.1, 0.15) is 11.0 Å². The Morgan fingerprint density at radius 1 is 1.11 bits per heavy atom. The van der Waals surface area contributed by atoms with Crippen LogP contribution in [0.2, 0.25) is 10.0 Å². The molecule has 4 N–H and O–H groups in total. The zero-order valence-corrected chi connectivity index (χ0v) is 17.7. The second-order valence-electron chi connectivity index (χ2n) is 6.27. The van der Waals surface area contributed by atoms with Crippen molar-refractivity contribution in [2.45, 2.75) is 19.1 Å². The van der Waals surface area contributed by atoms with E-state index in [1.807, 2.05) is 12.1 Å². The number of halogens is 2. The Kier molecular flexibility index (Phi) is 9.21. The molecule has 28 heavy (non-hydrogen) atoms. The van der Waals surface area contributed by atoms with Crippen LogP contribution in [0, 0.1) is 0 Å². The maximum absolute atomic E-state index is 12.1. The molecule has 0 aliphatic heterocycles. The summed E-state index contributed by atoms with van der Waals surface area (Å²) in [6, 6.07) is 12.5. The average Bonchev–Trinajstić information content (AvgIpc) is 2.63. The van der Waals surface area contributed by atoms with E-state index in [0.717, 1.165) is 11.1 Å². The fourth-order valence-electron chi connectivity index (χ4n) is 2.50.